The number of methoxy groups -OCH3 is 1. The molecule has 0 saturated carbocycles. The highest BCUT2D eigenvalue weighted by molar-refractivity contribution is 6.33. The van der Waals surface area contributed by atoms with Crippen LogP contribution >= 0.6 is 23.2 Å². The number of alkyl halides is 1. The number of ether oxygens (including phenoxy) is 2. The Kier molecular flexibility index (Phi) is 6.12. The molecule has 0 bridgehead atoms. The van der Waals surface area contributed by atoms with E-state index in [1.165, 1.54) is 0 Å². The zero-order chi connectivity index (χ0) is 16.1. The molecule has 22 heavy (non-hydrogen) atoms. The summed E-state index contributed by atoms with van der Waals surface area (Å²) in [7, 11) is 1.62. The molecule has 0 aromatic heterocycles. The van der Waals surface area contributed by atoms with Gasteiger partial charge in [0.05, 0.1) is 11.6 Å². The van der Waals surface area contributed by atoms with Gasteiger partial charge in [-0.2, -0.15) is 0 Å². The SMILES string of the molecule is CCN1C(=O)C(Cl)CC=C1c1ccc(OCCOC)cc1Cl. The van der Waals surface area contributed by atoms with E-state index in [-0.39, 0.29) is 5.91 Å². The number of carbonyl (C=O) groups excluding carboxylic acids is 1. The number of halogens is 2. The lowest BCUT2D eigenvalue weighted by atomic mass is 10.0. The summed E-state index contributed by atoms with van der Waals surface area (Å²) in [6, 6.07) is 5.45. The van der Waals surface area contributed by atoms with Crippen molar-refractivity contribution in [2.75, 3.05) is 26.9 Å². The van der Waals surface area contributed by atoms with Crippen molar-refractivity contribution in [2.45, 2.75) is 18.7 Å². The molecule has 1 amide bonds. The fourth-order valence-corrected chi connectivity index (χ4v) is 2.81. The Balaban J connectivity index is 2.23. The first-order valence-electron chi connectivity index (χ1n) is 7.15. The van der Waals surface area contributed by atoms with Gasteiger partial charge in [-0.05, 0) is 31.5 Å². The van der Waals surface area contributed by atoms with Gasteiger partial charge in [0.2, 0.25) is 5.91 Å². The lowest BCUT2D eigenvalue weighted by Crippen LogP contribution is -2.38. The molecule has 1 unspecified atom stereocenters. The van der Waals surface area contributed by atoms with Crippen LogP contribution in [0, 0.1) is 0 Å². The highest BCUT2D eigenvalue weighted by Gasteiger charge is 2.29. The van der Waals surface area contributed by atoms with Crippen LogP contribution in [0.1, 0.15) is 18.9 Å². The second-order valence-electron chi connectivity index (χ2n) is 4.86. The molecule has 6 heteroatoms. The Morgan fingerprint density at radius 3 is 2.77 bits per heavy atom. The van der Waals surface area contributed by atoms with Gasteiger partial charge in [-0.25, -0.2) is 0 Å². The maximum Gasteiger partial charge on any atom is 0.245 e. The molecule has 0 aliphatic carbocycles. The Labute approximate surface area is 140 Å². The topological polar surface area (TPSA) is 38.8 Å². The van der Waals surface area contributed by atoms with Crippen molar-refractivity contribution in [3.05, 3.63) is 34.9 Å². The van der Waals surface area contributed by atoms with Gasteiger partial charge >= 0.3 is 0 Å². The minimum atomic E-state index is -0.501. The maximum absolute atomic E-state index is 12.2. The fourth-order valence-electron chi connectivity index (χ4n) is 2.33. The second-order valence-corrected chi connectivity index (χ2v) is 5.79. The van der Waals surface area contributed by atoms with Crippen LogP contribution in [0.25, 0.3) is 5.70 Å². The predicted octanol–water partition coefficient (Wildman–Crippen LogP) is 3.57. The van der Waals surface area contributed by atoms with E-state index in [9.17, 15) is 4.79 Å². The molecule has 120 valence electrons. The standard InChI is InChI=1S/C16H19Cl2NO3/c1-3-19-15(7-6-13(17)16(19)20)12-5-4-11(10-14(12)18)22-9-8-21-2/h4-5,7,10,13H,3,6,8-9H2,1-2H3. The van der Waals surface area contributed by atoms with Crippen LogP contribution in [0.2, 0.25) is 5.02 Å². The summed E-state index contributed by atoms with van der Waals surface area (Å²) in [4.78, 5) is 13.8. The van der Waals surface area contributed by atoms with Gasteiger partial charge in [0, 0.05) is 24.9 Å². The van der Waals surface area contributed by atoms with E-state index in [1.807, 2.05) is 25.1 Å². The fraction of sp³-hybridized carbons (Fsp3) is 0.438. The van der Waals surface area contributed by atoms with Gasteiger partial charge in [-0.15, -0.1) is 11.6 Å². The highest BCUT2D eigenvalue weighted by atomic mass is 35.5. The summed E-state index contributed by atoms with van der Waals surface area (Å²) >= 11 is 12.4. The molecule has 1 heterocycles. The summed E-state index contributed by atoms with van der Waals surface area (Å²) in [5.41, 5.74) is 1.61. The van der Waals surface area contributed by atoms with E-state index in [0.29, 0.717) is 37.0 Å². The Morgan fingerprint density at radius 2 is 2.14 bits per heavy atom. The van der Waals surface area contributed by atoms with Crippen LogP contribution in [0.5, 0.6) is 5.75 Å². The van der Waals surface area contributed by atoms with E-state index in [2.05, 4.69) is 0 Å². The Morgan fingerprint density at radius 1 is 1.36 bits per heavy atom. The molecule has 1 atom stereocenters. The van der Waals surface area contributed by atoms with Gasteiger partial charge in [0.15, 0.2) is 0 Å². The Bertz CT molecular complexity index is 575. The second kappa shape index (κ2) is 7.86. The van der Waals surface area contributed by atoms with E-state index < -0.39 is 5.38 Å². The van der Waals surface area contributed by atoms with Gasteiger partial charge in [0.25, 0.3) is 0 Å². The van der Waals surface area contributed by atoms with Gasteiger partial charge in [-0.1, -0.05) is 17.7 Å². The smallest absolute Gasteiger partial charge is 0.245 e. The first-order chi connectivity index (χ1) is 10.6. The molecule has 1 aromatic carbocycles. The number of hydrogen-bond donors (Lipinski definition) is 0. The van der Waals surface area contributed by atoms with Gasteiger partial charge in [0.1, 0.15) is 17.7 Å². The third-order valence-electron chi connectivity index (χ3n) is 3.43. The number of carbonyl (C=O) groups is 1. The minimum Gasteiger partial charge on any atom is -0.491 e. The number of amides is 1. The van der Waals surface area contributed by atoms with Crippen LogP contribution in [-0.4, -0.2) is 43.1 Å². The molecule has 1 aromatic rings. The number of benzene rings is 1. The molecule has 1 aliphatic rings. The molecule has 4 nitrogen and oxygen atoms in total. The number of rotatable bonds is 6. The molecular formula is C16H19Cl2NO3. The van der Waals surface area contributed by atoms with Gasteiger partial charge < -0.3 is 14.4 Å². The first-order valence-corrected chi connectivity index (χ1v) is 7.97. The molecule has 0 radical (unpaired) electrons. The van der Waals surface area contributed by atoms with E-state index in [4.69, 9.17) is 32.7 Å². The maximum atomic E-state index is 12.2. The van der Waals surface area contributed by atoms with Crippen molar-refractivity contribution >= 4 is 34.8 Å². The van der Waals surface area contributed by atoms with Crippen LogP contribution in [0.4, 0.5) is 0 Å². The van der Waals surface area contributed by atoms with Crippen molar-refractivity contribution in [3.63, 3.8) is 0 Å². The average molecular weight is 344 g/mol. The third-order valence-corrected chi connectivity index (χ3v) is 4.11. The molecule has 0 saturated heterocycles. The Hall–Kier alpha value is -1.23. The van der Waals surface area contributed by atoms with E-state index >= 15 is 0 Å². The molecule has 2 rings (SSSR count). The number of allylic oxidation sites excluding steroid dienone is 1. The van der Waals surface area contributed by atoms with Crippen LogP contribution in [0.3, 0.4) is 0 Å². The van der Waals surface area contributed by atoms with Gasteiger partial charge in [-0.3, -0.25) is 4.79 Å². The number of hydrogen-bond acceptors (Lipinski definition) is 3. The number of nitrogens with zero attached hydrogens (tertiary/aromatic N) is 1. The summed E-state index contributed by atoms with van der Waals surface area (Å²) in [5.74, 6) is 0.588. The normalized spacial score (nSPS) is 18.4. The monoisotopic (exact) mass is 343 g/mol. The van der Waals surface area contributed by atoms with Crippen molar-refractivity contribution in [3.8, 4) is 5.75 Å². The predicted molar refractivity (Wildman–Crippen MR) is 88.4 cm³/mol. The van der Waals surface area contributed by atoms with Crippen molar-refractivity contribution in [1.29, 1.82) is 0 Å². The van der Waals surface area contributed by atoms with Crippen molar-refractivity contribution < 1.29 is 14.3 Å². The van der Waals surface area contributed by atoms with Crippen molar-refractivity contribution in [2.24, 2.45) is 0 Å². The summed E-state index contributed by atoms with van der Waals surface area (Å²) < 4.78 is 10.5. The van der Waals surface area contributed by atoms with Crippen LogP contribution in [0.15, 0.2) is 24.3 Å². The first kappa shape index (κ1) is 17.1. The molecule has 0 N–H and O–H groups in total. The zero-order valence-corrected chi connectivity index (χ0v) is 14.2. The zero-order valence-electron chi connectivity index (χ0n) is 12.6. The van der Waals surface area contributed by atoms with Crippen LogP contribution < -0.4 is 4.74 Å². The quantitative estimate of drug-likeness (QED) is 0.585. The average Bonchev–Trinajstić information content (AvgIpc) is 2.51. The summed E-state index contributed by atoms with van der Waals surface area (Å²) in [6.45, 7) is 3.44. The highest BCUT2D eigenvalue weighted by Crippen LogP contribution is 2.33. The molecular weight excluding hydrogens is 325 g/mol. The summed E-state index contributed by atoms with van der Waals surface area (Å²) in [5, 5.41) is 0.0413. The molecule has 0 fully saturated rings. The molecule has 1 aliphatic heterocycles. The van der Waals surface area contributed by atoms with E-state index in [0.717, 1.165) is 11.3 Å². The third kappa shape index (κ3) is 3.75. The van der Waals surface area contributed by atoms with Crippen LogP contribution in [-0.2, 0) is 9.53 Å². The van der Waals surface area contributed by atoms with E-state index in [1.54, 1.807) is 18.1 Å². The lowest BCUT2D eigenvalue weighted by molar-refractivity contribution is -0.127. The van der Waals surface area contributed by atoms with Crippen molar-refractivity contribution in [1.82, 2.24) is 4.90 Å². The minimum absolute atomic E-state index is 0.0850. The largest absolute Gasteiger partial charge is 0.491 e. The lowest BCUT2D eigenvalue weighted by Gasteiger charge is -2.30. The molecule has 0 spiro atoms. The summed E-state index contributed by atoms with van der Waals surface area (Å²) in [6.07, 6.45) is 2.46.